The van der Waals surface area contributed by atoms with E-state index in [9.17, 15) is 0 Å². The van der Waals surface area contributed by atoms with E-state index in [-0.39, 0.29) is 0 Å². The summed E-state index contributed by atoms with van der Waals surface area (Å²) in [4.78, 5) is 2.23. The first-order valence-electron chi connectivity index (χ1n) is 10.3. The highest BCUT2D eigenvalue weighted by atomic mass is 35.5. The second-order valence-electron chi connectivity index (χ2n) is 7.39. The maximum atomic E-state index is 6.42. The average Bonchev–Trinajstić information content (AvgIpc) is 3.22. The van der Waals surface area contributed by atoms with Crippen LogP contribution in [-0.4, -0.2) is 54.3 Å². The quantitative estimate of drug-likeness (QED) is 0.533. The van der Waals surface area contributed by atoms with Gasteiger partial charge in [0.15, 0.2) is 16.7 Å². The Morgan fingerprint density at radius 3 is 2.68 bits per heavy atom. The Morgan fingerprint density at radius 1 is 1.03 bits per heavy atom. The number of thioether (sulfide) groups is 1. The Morgan fingerprint density at radius 2 is 1.84 bits per heavy atom. The first-order valence-corrected chi connectivity index (χ1v) is 11.6. The molecule has 1 fully saturated rings. The summed E-state index contributed by atoms with van der Waals surface area (Å²) in [6.07, 6.45) is 0. The van der Waals surface area contributed by atoms with E-state index in [0.717, 1.165) is 35.4 Å². The van der Waals surface area contributed by atoms with Gasteiger partial charge in [0.2, 0.25) is 5.95 Å². The number of fused-ring (bicyclic) bond motifs is 1. The molecule has 162 valence electrons. The highest BCUT2D eigenvalue weighted by Gasteiger charge is 2.23. The number of para-hydroxylation sites is 1. The monoisotopic (exact) mass is 458 g/mol. The van der Waals surface area contributed by atoms with E-state index in [0.29, 0.717) is 48.7 Å². The number of aryl methyl sites for hydroxylation is 1. The Balaban J connectivity index is 1.46. The number of nitrogens with zero attached hydrogens (tertiary/aromatic N) is 4. The Bertz CT molecular complexity index is 1080. The first kappa shape index (κ1) is 20.5. The molecule has 1 aromatic heterocycles. The minimum Gasteiger partial charge on any atom is -0.486 e. The molecule has 2 aliphatic rings. The summed E-state index contributed by atoms with van der Waals surface area (Å²) in [7, 11) is 0. The number of ether oxygens (including phenoxy) is 3. The molecule has 31 heavy (non-hydrogen) atoms. The van der Waals surface area contributed by atoms with Crippen LogP contribution in [0, 0.1) is 6.92 Å². The van der Waals surface area contributed by atoms with Gasteiger partial charge in [-0.05, 0) is 36.2 Å². The fourth-order valence-corrected chi connectivity index (χ4v) is 4.90. The first-order chi connectivity index (χ1) is 15.2. The van der Waals surface area contributed by atoms with Crippen LogP contribution in [0.15, 0.2) is 41.6 Å². The molecule has 0 bridgehead atoms. The van der Waals surface area contributed by atoms with Crippen molar-refractivity contribution in [3.8, 4) is 17.2 Å². The van der Waals surface area contributed by atoms with Gasteiger partial charge in [0.25, 0.3) is 0 Å². The lowest BCUT2D eigenvalue weighted by Crippen LogP contribution is -2.38. The van der Waals surface area contributed by atoms with Crippen molar-refractivity contribution >= 4 is 29.3 Å². The topological polar surface area (TPSA) is 61.6 Å². The van der Waals surface area contributed by atoms with Gasteiger partial charge in [-0.1, -0.05) is 41.6 Å². The summed E-state index contributed by atoms with van der Waals surface area (Å²) < 4.78 is 19.0. The second-order valence-corrected chi connectivity index (χ2v) is 8.74. The van der Waals surface area contributed by atoms with Gasteiger partial charge in [-0.2, -0.15) is 0 Å². The number of hydrogen-bond acceptors (Lipinski definition) is 7. The highest BCUT2D eigenvalue weighted by Crippen LogP contribution is 2.40. The van der Waals surface area contributed by atoms with Crippen molar-refractivity contribution < 1.29 is 14.2 Å². The van der Waals surface area contributed by atoms with Gasteiger partial charge in [0, 0.05) is 18.8 Å². The maximum absolute atomic E-state index is 6.42. The predicted octanol–water partition coefficient (Wildman–Crippen LogP) is 4.13. The van der Waals surface area contributed by atoms with Crippen LogP contribution in [0.5, 0.6) is 11.5 Å². The van der Waals surface area contributed by atoms with E-state index in [1.807, 2.05) is 24.3 Å². The van der Waals surface area contributed by atoms with Crippen LogP contribution in [0.4, 0.5) is 5.95 Å². The van der Waals surface area contributed by atoms with Gasteiger partial charge in [-0.15, -0.1) is 10.2 Å². The van der Waals surface area contributed by atoms with Crippen molar-refractivity contribution in [3.05, 3.63) is 52.5 Å². The Kier molecular flexibility index (Phi) is 5.93. The van der Waals surface area contributed by atoms with E-state index in [2.05, 4.69) is 38.7 Å². The van der Waals surface area contributed by atoms with Crippen LogP contribution < -0.4 is 14.4 Å². The molecule has 0 saturated carbocycles. The van der Waals surface area contributed by atoms with Gasteiger partial charge in [-0.3, -0.25) is 4.57 Å². The van der Waals surface area contributed by atoms with Gasteiger partial charge in [-0.25, -0.2) is 0 Å². The molecule has 2 aromatic carbocycles. The average molecular weight is 459 g/mol. The fraction of sp³-hybridized carbons (Fsp3) is 0.364. The molecular formula is C22H23ClN4O3S. The molecule has 0 atom stereocenters. The standard InChI is InChI=1S/C22H23ClN4O3S/c1-15-4-2-3-5-18(15)27-21(26-6-8-28-9-7-26)24-25-22(27)31-14-16-12-17(23)20-19(13-16)29-10-11-30-20/h2-5,12-13H,6-11,14H2,1H3. The van der Waals surface area contributed by atoms with Crippen LogP contribution in [0.2, 0.25) is 5.02 Å². The Labute approximate surface area is 190 Å². The molecule has 1 saturated heterocycles. The SMILES string of the molecule is Cc1ccccc1-n1c(SCc2cc(Cl)c3c(c2)OCCO3)nnc1N1CCOCC1. The third-order valence-corrected chi connectivity index (χ3v) is 6.57. The van der Waals surface area contributed by atoms with Crippen LogP contribution in [0.3, 0.4) is 0 Å². The van der Waals surface area contributed by atoms with Gasteiger partial charge in [0.1, 0.15) is 13.2 Å². The lowest BCUT2D eigenvalue weighted by Gasteiger charge is -2.28. The van der Waals surface area contributed by atoms with Crippen LogP contribution in [-0.2, 0) is 10.5 Å². The van der Waals surface area contributed by atoms with E-state index < -0.39 is 0 Å². The summed E-state index contributed by atoms with van der Waals surface area (Å²) in [6.45, 7) is 6.14. The molecule has 3 heterocycles. The second kappa shape index (κ2) is 8.98. The van der Waals surface area contributed by atoms with Crippen molar-refractivity contribution in [2.75, 3.05) is 44.4 Å². The van der Waals surface area contributed by atoms with Crippen molar-refractivity contribution in [1.82, 2.24) is 14.8 Å². The third-order valence-electron chi connectivity index (χ3n) is 5.29. The zero-order chi connectivity index (χ0) is 21.2. The lowest BCUT2D eigenvalue weighted by atomic mass is 10.2. The smallest absolute Gasteiger partial charge is 0.232 e. The van der Waals surface area contributed by atoms with E-state index in [1.165, 1.54) is 5.56 Å². The summed E-state index contributed by atoms with van der Waals surface area (Å²) in [5.41, 5.74) is 3.30. The molecule has 3 aromatic rings. The summed E-state index contributed by atoms with van der Waals surface area (Å²) >= 11 is 8.04. The van der Waals surface area contributed by atoms with Crippen molar-refractivity contribution in [1.29, 1.82) is 0 Å². The predicted molar refractivity (Wildman–Crippen MR) is 121 cm³/mol. The van der Waals surface area contributed by atoms with E-state index >= 15 is 0 Å². The van der Waals surface area contributed by atoms with Crippen molar-refractivity contribution in [2.45, 2.75) is 17.8 Å². The lowest BCUT2D eigenvalue weighted by molar-refractivity contribution is 0.122. The third kappa shape index (κ3) is 4.20. The van der Waals surface area contributed by atoms with Crippen LogP contribution >= 0.6 is 23.4 Å². The van der Waals surface area contributed by atoms with Crippen molar-refractivity contribution in [3.63, 3.8) is 0 Å². The molecule has 9 heteroatoms. The summed E-state index contributed by atoms with van der Waals surface area (Å²) in [5.74, 6) is 2.85. The molecule has 0 radical (unpaired) electrons. The molecule has 5 rings (SSSR count). The van der Waals surface area contributed by atoms with Gasteiger partial charge in [0.05, 0.1) is 23.9 Å². The number of anilines is 1. The number of benzene rings is 2. The number of morpholine rings is 1. The van der Waals surface area contributed by atoms with Gasteiger partial charge >= 0.3 is 0 Å². The number of rotatable bonds is 5. The molecule has 7 nitrogen and oxygen atoms in total. The normalized spacial score (nSPS) is 15.9. The van der Waals surface area contributed by atoms with Crippen molar-refractivity contribution in [2.24, 2.45) is 0 Å². The maximum Gasteiger partial charge on any atom is 0.232 e. The number of hydrogen-bond donors (Lipinski definition) is 0. The summed E-state index contributed by atoms with van der Waals surface area (Å²) in [5, 5.41) is 10.5. The van der Waals surface area contributed by atoms with Crippen LogP contribution in [0.25, 0.3) is 5.69 Å². The van der Waals surface area contributed by atoms with Crippen LogP contribution in [0.1, 0.15) is 11.1 Å². The number of aromatic nitrogens is 3. The minimum atomic E-state index is 0.519. The van der Waals surface area contributed by atoms with E-state index in [4.69, 9.17) is 25.8 Å². The minimum absolute atomic E-state index is 0.519. The molecule has 0 N–H and O–H groups in total. The van der Waals surface area contributed by atoms with Gasteiger partial charge < -0.3 is 19.1 Å². The Hall–Kier alpha value is -2.42. The molecule has 0 spiro atoms. The molecule has 2 aliphatic heterocycles. The van der Waals surface area contributed by atoms with E-state index in [1.54, 1.807) is 11.8 Å². The highest BCUT2D eigenvalue weighted by molar-refractivity contribution is 7.98. The fourth-order valence-electron chi connectivity index (χ4n) is 3.74. The largest absolute Gasteiger partial charge is 0.486 e. The molecular weight excluding hydrogens is 436 g/mol. The zero-order valence-electron chi connectivity index (χ0n) is 17.2. The molecule has 0 aliphatic carbocycles. The summed E-state index contributed by atoms with van der Waals surface area (Å²) in [6, 6.07) is 12.2. The molecule has 0 unspecified atom stereocenters. The zero-order valence-corrected chi connectivity index (χ0v) is 18.8. The molecule has 0 amide bonds. The number of halogens is 1.